The average molecular weight is 388 g/mol. The molecule has 1 fully saturated rings. The first kappa shape index (κ1) is 19.3. The fourth-order valence-electron chi connectivity index (χ4n) is 3.22. The van der Waals surface area contributed by atoms with Crippen molar-refractivity contribution in [3.63, 3.8) is 0 Å². The van der Waals surface area contributed by atoms with Gasteiger partial charge in [-0.2, -0.15) is 0 Å². The molecular formula is C20H22ClN3O3. The summed E-state index contributed by atoms with van der Waals surface area (Å²) in [5.41, 5.74) is 2.35. The fourth-order valence-corrected chi connectivity index (χ4v) is 3.48. The van der Waals surface area contributed by atoms with Gasteiger partial charge in [-0.05, 0) is 43.1 Å². The number of nitrogens with one attached hydrogen (secondary N) is 1. The molecule has 1 heterocycles. The molecule has 1 aliphatic rings. The minimum absolute atomic E-state index is 0.0681. The molecule has 3 rings (SSSR count). The molecule has 0 spiro atoms. The van der Waals surface area contributed by atoms with E-state index in [-0.39, 0.29) is 22.2 Å². The van der Waals surface area contributed by atoms with Crippen LogP contribution in [-0.4, -0.2) is 28.8 Å². The Hall–Kier alpha value is -2.44. The SMILES string of the molecule is O=C(NCc1ccc(CN2CCCCC2)cc1)c1ccc([N+](=O)[O-])cc1Cl. The molecule has 1 N–H and O–H groups in total. The van der Waals surface area contributed by atoms with E-state index in [0.717, 1.165) is 25.2 Å². The number of carbonyl (C=O) groups excluding carboxylic acids is 1. The molecule has 1 aliphatic heterocycles. The van der Waals surface area contributed by atoms with Crippen molar-refractivity contribution in [3.05, 3.63) is 74.3 Å². The van der Waals surface area contributed by atoms with Gasteiger partial charge >= 0.3 is 0 Å². The Morgan fingerprint density at radius 3 is 2.37 bits per heavy atom. The van der Waals surface area contributed by atoms with Gasteiger partial charge in [0.05, 0.1) is 15.5 Å². The number of hydrogen-bond donors (Lipinski definition) is 1. The summed E-state index contributed by atoms with van der Waals surface area (Å²) in [6, 6.07) is 12.0. The Balaban J connectivity index is 1.55. The van der Waals surface area contributed by atoms with Gasteiger partial charge in [0.25, 0.3) is 11.6 Å². The zero-order valence-corrected chi connectivity index (χ0v) is 15.7. The van der Waals surface area contributed by atoms with Crippen LogP contribution in [0.2, 0.25) is 5.02 Å². The summed E-state index contributed by atoms with van der Waals surface area (Å²) in [6.45, 7) is 3.66. The van der Waals surface area contributed by atoms with Gasteiger partial charge < -0.3 is 5.32 Å². The number of nitro benzene ring substituents is 1. The highest BCUT2D eigenvalue weighted by Gasteiger charge is 2.15. The monoisotopic (exact) mass is 387 g/mol. The van der Waals surface area contributed by atoms with Crippen molar-refractivity contribution >= 4 is 23.2 Å². The van der Waals surface area contributed by atoms with Crippen LogP contribution in [0.1, 0.15) is 40.7 Å². The Morgan fingerprint density at radius 1 is 1.07 bits per heavy atom. The van der Waals surface area contributed by atoms with Gasteiger partial charge in [-0.25, -0.2) is 0 Å². The van der Waals surface area contributed by atoms with Crippen molar-refractivity contribution in [2.75, 3.05) is 13.1 Å². The molecule has 7 heteroatoms. The third-order valence-electron chi connectivity index (χ3n) is 4.74. The number of likely N-dealkylation sites (tertiary alicyclic amines) is 1. The molecular weight excluding hydrogens is 366 g/mol. The topological polar surface area (TPSA) is 75.5 Å². The van der Waals surface area contributed by atoms with Crippen molar-refractivity contribution in [1.82, 2.24) is 10.2 Å². The summed E-state index contributed by atoms with van der Waals surface area (Å²) in [4.78, 5) is 24.9. The fraction of sp³-hybridized carbons (Fsp3) is 0.350. The number of benzene rings is 2. The van der Waals surface area contributed by atoms with Crippen molar-refractivity contribution in [2.24, 2.45) is 0 Å². The maximum absolute atomic E-state index is 12.3. The third-order valence-corrected chi connectivity index (χ3v) is 5.05. The van der Waals surface area contributed by atoms with Crippen LogP contribution < -0.4 is 5.32 Å². The molecule has 0 atom stereocenters. The second-order valence-electron chi connectivity index (χ2n) is 6.76. The summed E-state index contributed by atoms with van der Waals surface area (Å²) >= 11 is 5.99. The highest BCUT2D eigenvalue weighted by atomic mass is 35.5. The predicted octanol–water partition coefficient (Wildman–Crippen LogP) is 4.16. The van der Waals surface area contributed by atoms with Crippen LogP contribution in [0.3, 0.4) is 0 Å². The summed E-state index contributed by atoms with van der Waals surface area (Å²) in [5, 5.41) is 13.6. The Kier molecular flexibility index (Phi) is 6.42. The molecule has 0 bridgehead atoms. The van der Waals surface area contributed by atoms with Crippen LogP contribution in [0.15, 0.2) is 42.5 Å². The summed E-state index contributed by atoms with van der Waals surface area (Å²) in [6.07, 6.45) is 3.87. The van der Waals surface area contributed by atoms with Crippen LogP contribution in [0.5, 0.6) is 0 Å². The van der Waals surface area contributed by atoms with Crippen LogP contribution in [0.4, 0.5) is 5.69 Å². The molecule has 0 aliphatic carbocycles. The average Bonchev–Trinajstić information content (AvgIpc) is 2.68. The van der Waals surface area contributed by atoms with Crippen molar-refractivity contribution in [1.29, 1.82) is 0 Å². The number of hydrogen-bond acceptors (Lipinski definition) is 4. The van der Waals surface area contributed by atoms with Gasteiger partial charge in [-0.15, -0.1) is 0 Å². The van der Waals surface area contributed by atoms with Gasteiger partial charge in [-0.3, -0.25) is 19.8 Å². The van der Waals surface area contributed by atoms with Gasteiger partial charge in [0, 0.05) is 25.2 Å². The van der Waals surface area contributed by atoms with Gasteiger partial charge in [-0.1, -0.05) is 42.3 Å². The first-order valence-electron chi connectivity index (χ1n) is 9.05. The molecule has 0 saturated carbocycles. The van der Waals surface area contributed by atoms with E-state index in [4.69, 9.17) is 11.6 Å². The first-order chi connectivity index (χ1) is 13.0. The van der Waals surface area contributed by atoms with Gasteiger partial charge in [0.1, 0.15) is 0 Å². The summed E-state index contributed by atoms with van der Waals surface area (Å²) < 4.78 is 0. The van der Waals surface area contributed by atoms with E-state index < -0.39 is 4.92 Å². The zero-order valence-electron chi connectivity index (χ0n) is 15.0. The predicted molar refractivity (Wildman–Crippen MR) is 105 cm³/mol. The normalized spacial score (nSPS) is 14.7. The standard InChI is InChI=1S/C20H22ClN3O3/c21-19-12-17(24(26)27)8-9-18(19)20(25)22-13-15-4-6-16(7-5-15)14-23-10-2-1-3-11-23/h4-9,12H,1-3,10-11,13-14H2,(H,22,25). The quantitative estimate of drug-likeness (QED) is 0.596. The first-order valence-corrected chi connectivity index (χ1v) is 9.43. The lowest BCUT2D eigenvalue weighted by atomic mass is 10.1. The lowest BCUT2D eigenvalue weighted by Crippen LogP contribution is -2.29. The number of amides is 1. The lowest BCUT2D eigenvalue weighted by Gasteiger charge is -2.26. The van der Waals surface area contributed by atoms with E-state index in [1.807, 2.05) is 12.1 Å². The minimum Gasteiger partial charge on any atom is -0.348 e. The number of halogens is 1. The molecule has 1 saturated heterocycles. The lowest BCUT2D eigenvalue weighted by molar-refractivity contribution is -0.384. The van der Waals surface area contributed by atoms with Gasteiger partial charge in [0.15, 0.2) is 0 Å². The molecule has 2 aromatic carbocycles. The van der Waals surface area contributed by atoms with Crippen molar-refractivity contribution < 1.29 is 9.72 Å². The van der Waals surface area contributed by atoms with E-state index in [1.54, 1.807) is 0 Å². The minimum atomic E-state index is -0.543. The molecule has 0 radical (unpaired) electrons. The molecule has 0 aromatic heterocycles. The van der Waals surface area contributed by atoms with E-state index in [9.17, 15) is 14.9 Å². The van der Waals surface area contributed by atoms with Crippen molar-refractivity contribution in [3.8, 4) is 0 Å². The van der Waals surface area contributed by atoms with E-state index in [1.165, 1.54) is 43.0 Å². The number of non-ortho nitro benzene ring substituents is 1. The van der Waals surface area contributed by atoms with E-state index >= 15 is 0 Å². The maximum Gasteiger partial charge on any atom is 0.270 e. The highest BCUT2D eigenvalue weighted by molar-refractivity contribution is 6.34. The zero-order chi connectivity index (χ0) is 19.2. The van der Waals surface area contributed by atoms with E-state index in [0.29, 0.717) is 6.54 Å². The molecule has 2 aromatic rings. The number of nitrogens with zero attached hydrogens (tertiary/aromatic N) is 2. The number of carbonyl (C=O) groups is 1. The van der Waals surface area contributed by atoms with E-state index in [2.05, 4.69) is 22.3 Å². The number of piperidine rings is 1. The highest BCUT2D eigenvalue weighted by Crippen LogP contribution is 2.22. The summed E-state index contributed by atoms with van der Waals surface area (Å²) in [5.74, 6) is -0.354. The molecule has 27 heavy (non-hydrogen) atoms. The summed E-state index contributed by atoms with van der Waals surface area (Å²) in [7, 11) is 0. The largest absolute Gasteiger partial charge is 0.348 e. The van der Waals surface area contributed by atoms with Crippen molar-refractivity contribution in [2.45, 2.75) is 32.4 Å². The molecule has 142 valence electrons. The molecule has 0 unspecified atom stereocenters. The second-order valence-corrected chi connectivity index (χ2v) is 7.16. The molecule has 1 amide bonds. The van der Waals surface area contributed by atoms with Crippen LogP contribution >= 0.6 is 11.6 Å². The maximum atomic E-state index is 12.3. The van der Waals surface area contributed by atoms with Gasteiger partial charge in [0.2, 0.25) is 0 Å². The third kappa shape index (κ3) is 5.28. The Bertz CT molecular complexity index is 818. The smallest absolute Gasteiger partial charge is 0.270 e. The van der Waals surface area contributed by atoms with Crippen LogP contribution in [-0.2, 0) is 13.1 Å². The van der Waals surface area contributed by atoms with Crippen LogP contribution in [0.25, 0.3) is 0 Å². The molecule has 6 nitrogen and oxygen atoms in total. The Labute approximate surface area is 163 Å². The second kappa shape index (κ2) is 8.97. The Morgan fingerprint density at radius 2 is 1.74 bits per heavy atom. The number of rotatable bonds is 6. The van der Waals surface area contributed by atoms with Crippen LogP contribution in [0, 0.1) is 10.1 Å². The number of nitro groups is 1.